The van der Waals surface area contributed by atoms with Gasteiger partial charge in [0.2, 0.25) is 0 Å². The van der Waals surface area contributed by atoms with Crippen molar-refractivity contribution in [3.8, 4) is 66.8 Å². The molecule has 354 valence electrons. The van der Waals surface area contributed by atoms with Gasteiger partial charge in [0.25, 0.3) is 0 Å². The summed E-state index contributed by atoms with van der Waals surface area (Å²) in [5.74, 6) is 0. The molecule has 0 saturated heterocycles. The molecule has 3 heteroatoms. The van der Waals surface area contributed by atoms with E-state index in [9.17, 15) is 0 Å². The zero-order valence-corrected chi connectivity index (χ0v) is 41.2. The van der Waals surface area contributed by atoms with Gasteiger partial charge < -0.3 is 13.7 Å². The minimum Gasteiger partial charge on any atom is -0.455 e. The number of fused-ring (bicyclic) bond motifs is 16. The third-order valence-corrected chi connectivity index (χ3v) is 16.3. The van der Waals surface area contributed by atoms with E-state index in [0.29, 0.717) is 0 Å². The Labute approximate surface area is 439 Å². The van der Waals surface area contributed by atoms with Crippen molar-refractivity contribution in [2.45, 2.75) is 5.41 Å². The maximum absolute atomic E-state index is 6.54. The van der Waals surface area contributed by atoms with E-state index in [1.54, 1.807) is 0 Å². The maximum atomic E-state index is 6.54. The monoisotopic (exact) mass is 967 g/mol. The summed E-state index contributed by atoms with van der Waals surface area (Å²) in [5, 5.41) is 4.48. The summed E-state index contributed by atoms with van der Waals surface area (Å²) in [5.41, 5.74) is 25.8. The Morgan fingerprint density at radius 1 is 0.237 bits per heavy atom. The molecule has 0 amide bonds. The summed E-state index contributed by atoms with van der Waals surface area (Å²) in [6.07, 6.45) is 0. The van der Waals surface area contributed by atoms with E-state index in [0.717, 1.165) is 94.3 Å². The maximum Gasteiger partial charge on any atom is 0.143 e. The Balaban J connectivity index is 0.874. The lowest BCUT2D eigenvalue weighted by molar-refractivity contribution is 0.669. The highest BCUT2D eigenvalue weighted by molar-refractivity contribution is 6.11. The second-order valence-electron chi connectivity index (χ2n) is 20.2. The van der Waals surface area contributed by atoms with Gasteiger partial charge in [0, 0.05) is 49.7 Å². The molecule has 12 aromatic carbocycles. The molecular weight excluding hydrogens is 923 g/mol. The third-order valence-electron chi connectivity index (χ3n) is 16.3. The first-order chi connectivity index (χ1) is 37.7. The Bertz CT molecular complexity index is 4430. The molecule has 76 heavy (non-hydrogen) atoms. The number of rotatable bonds is 7. The second-order valence-corrected chi connectivity index (χ2v) is 20.2. The molecule has 2 aliphatic carbocycles. The molecule has 16 rings (SSSR count). The van der Waals surface area contributed by atoms with Crippen LogP contribution in [0.15, 0.2) is 282 Å². The topological polar surface area (TPSA) is 29.5 Å². The molecule has 0 atom stereocenters. The van der Waals surface area contributed by atoms with Crippen molar-refractivity contribution in [1.82, 2.24) is 0 Å². The Morgan fingerprint density at radius 2 is 0.645 bits per heavy atom. The van der Waals surface area contributed by atoms with Crippen molar-refractivity contribution >= 4 is 60.9 Å². The summed E-state index contributed by atoms with van der Waals surface area (Å²) in [6, 6.07) is 99.5. The lowest BCUT2D eigenvalue weighted by Crippen LogP contribution is -2.25. The van der Waals surface area contributed by atoms with Crippen molar-refractivity contribution in [3.05, 3.63) is 295 Å². The quantitative estimate of drug-likeness (QED) is 0.159. The number of furan rings is 2. The van der Waals surface area contributed by atoms with Crippen LogP contribution in [0.25, 0.3) is 111 Å². The average molecular weight is 968 g/mol. The Kier molecular flexibility index (Phi) is 9.25. The van der Waals surface area contributed by atoms with Gasteiger partial charge in [-0.25, -0.2) is 0 Å². The van der Waals surface area contributed by atoms with Crippen molar-refractivity contribution in [2.24, 2.45) is 0 Å². The minimum absolute atomic E-state index is 0.414. The van der Waals surface area contributed by atoms with E-state index in [1.807, 2.05) is 24.3 Å². The van der Waals surface area contributed by atoms with E-state index in [2.05, 4.69) is 254 Å². The Hall–Kier alpha value is -9.96. The molecule has 2 aromatic heterocycles. The Morgan fingerprint density at radius 3 is 1.20 bits per heavy atom. The predicted octanol–water partition coefficient (Wildman–Crippen LogP) is 20.0. The minimum atomic E-state index is -0.414. The van der Waals surface area contributed by atoms with E-state index in [1.165, 1.54) is 55.6 Å². The molecule has 0 aliphatic heterocycles. The standard InChI is InChI=1S/C73H45NO2/c1-2-16-46(17-3-1)53-42-41-52(45-63(53)49-36-43-68-64(44-49)58-20-6-11-29-67(58)73(68)65-27-9-4-18-56(65)57-19-5-10-28-66(57)73)74(50-37-32-47(33-38-50)54-23-14-25-61-59-21-7-12-30-69(59)75-71(54)61)51-39-34-48(35-40-51)55-24-15-26-62-60-22-8-13-31-70(60)76-72(55)62/h1-45H. The fraction of sp³-hybridized carbons (Fsp3) is 0.0137. The highest BCUT2D eigenvalue weighted by Gasteiger charge is 2.51. The summed E-state index contributed by atoms with van der Waals surface area (Å²) in [7, 11) is 0. The van der Waals surface area contributed by atoms with Gasteiger partial charge in [-0.1, -0.05) is 218 Å². The van der Waals surface area contributed by atoms with Crippen molar-refractivity contribution in [3.63, 3.8) is 0 Å². The molecule has 0 radical (unpaired) electrons. The smallest absolute Gasteiger partial charge is 0.143 e. The number of hydrogen-bond donors (Lipinski definition) is 0. The van der Waals surface area contributed by atoms with Crippen LogP contribution >= 0.6 is 0 Å². The van der Waals surface area contributed by atoms with Crippen LogP contribution in [-0.4, -0.2) is 0 Å². The number of nitrogens with zero attached hydrogens (tertiary/aromatic N) is 1. The summed E-state index contributed by atoms with van der Waals surface area (Å²) in [6.45, 7) is 0. The van der Waals surface area contributed by atoms with E-state index < -0.39 is 5.41 Å². The zero-order valence-electron chi connectivity index (χ0n) is 41.2. The third kappa shape index (κ3) is 6.17. The lowest BCUT2D eigenvalue weighted by atomic mass is 9.70. The second kappa shape index (κ2) is 16.5. The van der Waals surface area contributed by atoms with E-state index in [-0.39, 0.29) is 0 Å². The SMILES string of the molecule is c1ccc(-c2ccc(N(c3ccc(-c4cccc5c4oc4ccccc45)cc3)c3ccc(-c4cccc5c4oc4ccccc45)cc3)cc2-c2ccc3c(c2)-c2ccccc2C32c3ccccc3-c3ccccc32)cc1. The van der Waals surface area contributed by atoms with Crippen LogP contribution in [0, 0.1) is 0 Å². The van der Waals surface area contributed by atoms with Crippen LogP contribution in [0.3, 0.4) is 0 Å². The molecule has 1 spiro atoms. The van der Waals surface area contributed by atoms with Gasteiger partial charge in [0.05, 0.1) is 5.41 Å². The molecule has 0 N–H and O–H groups in total. The lowest BCUT2D eigenvalue weighted by Gasteiger charge is -2.30. The normalized spacial score (nSPS) is 12.8. The van der Waals surface area contributed by atoms with Gasteiger partial charge in [-0.2, -0.15) is 0 Å². The zero-order chi connectivity index (χ0) is 49.9. The molecule has 14 aromatic rings. The molecule has 0 fully saturated rings. The van der Waals surface area contributed by atoms with Gasteiger partial charge in [-0.3, -0.25) is 0 Å². The summed E-state index contributed by atoms with van der Waals surface area (Å²) >= 11 is 0. The van der Waals surface area contributed by atoms with Crippen LogP contribution < -0.4 is 4.90 Å². The van der Waals surface area contributed by atoms with E-state index in [4.69, 9.17) is 8.83 Å². The van der Waals surface area contributed by atoms with Crippen LogP contribution in [0.5, 0.6) is 0 Å². The summed E-state index contributed by atoms with van der Waals surface area (Å²) in [4.78, 5) is 2.39. The van der Waals surface area contributed by atoms with Gasteiger partial charge in [0.1, 0.15) is 22.3 Å². The van der Waals surface area contributed by atoms with Crippen LogP contribution in [0.4, 0.5) is 17.1 Å². The fourth-order valence-corrected chi connectivity index (χ4v) is 13.0. The molecule has 2 heterocycles. The van der Waals surface area contributed by atoms with Crippen LogP contribution in [0.1, 0.15) is 22.3 Å². The highest BCUT2D eigenvalue weighted by Crippen LogP contribution is 2.63. The van der Waals surface area contributed by atoms with Crippen molar-refractivity contribution < 1.29 is 8.83 Å². The van der Waals surface area contributed by atoms with Crippen LogP contribution in [-0.2, 0) is 5.41 Å². The first kappa shape index (κ1) is 42.5. The van der Waals surface area contributed by atoms with Gasteiger partial charge >= 0.3 is 0 Å². The molecule has 3 nitrogen and oxygen atoms in total. The van der Waals surface area contributed by atoms with Gasteiger partial charge in [0.15, 0.2) is 0 Å². The molecule has 0 unspecified atom stereocenters. The average Bonchev–Trinajstić information content (AvgIpc) is 4.37. The predicted molar refractivity (Wildman–Crippen MR) is 314 cm³/mol. The number of hydrogen-bond acceptors (Lipinski definition) is 3. The number of benzene rings is 12. The largest absolute Gasteiger partial charge is 0.455 e. The van der Waals surface area contributed by atoms with Crippen LogP contribution in [0.2, 0.25) is 0 Å². The first-order valence-corrected chi connectivity index (χ1v) is 26.1. The molecular formula is C73H45NO2. The number of anilines is 3. The fourth-order valence-electron chi connectivity index (χ4n) is 13.0. The molecule has 2 aliphatic rings. The van der Waals surface area contributed by atoms with E-state index >= 15 is 0 Å². The van der Waals surface area contributed by atoms with Gasteiger partial charge in [-0.15, -0.1) is 0 Å². The number of para-hydroxylation sites is 4. The molecule has 0 bridgehead atoms. The van der Waals surface area contributed by atoms with Crippen molar-refractivity contribution in [1.29, 1.82) is 0 Å². The summed E-state index contributed by atoms with van der Waals surface area (Å²) < 4.78 is 13.1. The highest BCUT2D eigenvalue weighted by atomic mass is 16.3. The van der Waals surface area contributed by atoms with Gasteiger partial charge in [-0.05, 0) is 132 Å². The molecule has 0 saturated carbocycles. The first-order valence-electron chi connectivity index (χ1n) is 26.1. The van der Waals surface area contributed by atoms with Crippen molar-refractivity contribution in [2.75, 3.05) is 4.90 Å².